The average Bonchev–Trinajstić information content (AvgIpc) is 2.87. The summed E-state index contributed by atoms with van der Waals surface area (Å²) in [5.41, 5.74) is 0. The highest BCUT2D eigenvalue weighted by Crippen LogP contribution is 2.33. The Labute approximate surface area is 110 Å². The predicted octanol–water partition coefficient (Wildman–Crippen LogP) is -0.201. The molecule has 1 saturated carbocycles. The molecule has 2 rings (SSSR count). The Balaban J connectivity index is 2.02. The van der Waals surface area contributed by atoms with Crippen molar-refractivity contribution in [2.75, 3.05) is 19.8 Å². The minimum absolute atomic E-state index is 0.00382. The van der Waals surface area contributed by atoms with Crippen LogP contribution in [0.3, 0.4) is 0 Å². The molecule has 1 aliphatic carbocycles. The maximum atomic E-state index is 12.3. The summed E-state index contributed by atoms with van der Waals surface area (Å²) in [6.45, 7) is 0.574. The van der Waals surface area contributed by atoms with Crippen LogP contribution >= 0.6 is 0 Å². The summed E-state index contributed by atoms with van der Waals surface area (Å²) in [7, 11) is 0. The second-order valence-corrected chi connectivity index (χ2v) is 5.01. The van der Waals surface area contributed by atoms with Gasteiger partial charge in [-0.25, -0.2) is 4.79 Å². The van der Waals surface area contributed by atoms with Crippen LogP contribution in [-0.2, 0) is 19.1 Å². The van der Waals surface area contributed by atoms with Gasteiger partial charge < -0.3 is 19.8 Å². The molecular formula is C12H17NO6. The van der Waals surface area contributed by atoms with Crippen molar-refractivity contribution in [1.82, 2.24) is 4.90 Å². The number of rotatable bonds is 3. The fourth-order valence-electron chi connectivity index (χ4n) is 2.74. The Bertz CT molecular complexity index is 396. The lowest BCUT2D eigenvalue weighted by atomic mass is 10.0. The molecule has 19 heavy (non-hydrogen) atoms. The van der Waals surface area contributed by atoms with Crippen LogP contribution in [0.4, 0.5) is 0 Å². The molecule has 2 fully saturated rings. The predicted molar refractivity (Wildman–Crippen MR) is 62.4 cm³/mol. The molecular weight excluding hydrogens is 254 g/mol. The van der Waals surface area contributed by atoms with Crippen LogP contribution < -0.4 is 0 Å². The summed E-state index contributed by atoms with van der Waals surface area (Å²) < 4.78 is 5.08. The third kappa shape index (κ3) is 2.86. The number of carboxylic acids is 2. The molecule has 7 nitrogen and oxygen atoms in total. The van der Waals surface area contributed by atoms with E-state index in [1.807, 2.05) is 0 Å². The molecule has 1 heterocycles. The van der Waals surface area contributed by atoms with Gasteiger partial charge in [0, 0.05) is 12.5 Å². The molecule has 106 valence electrons. The first-order valence-corrected chi connectivity index (χ1v) is 6.34. The molecule has 0 spiro atoms. The second kappa shape index (κ2) is 5.56. The number of aliphatic carboxylic acids is 2. The molecule has 1 amide bonds. The molecule has 0 radical (unpaired) electrons. The van der Waals surface area contributed by atoms with Crippen molar-refractivity contribution in [1.29, 1.82) is 0 Å². The monoisotopic (exact) mass is 271 g/mol. The lowest BCUT2D eigenvalue weighted by Crippen LogP contribution is -2.54. The summed E-state index contributed by atoms with van der Waals surface area (Å²) in [6, 6.07) is -0.954. The van der Waals surface area contributed by atoms with Gasteiger partial charge in [-0.1, -0.05) is 0 Å². The molecule has 1 aliphatic heterocycles. The van der Waals surface area contributed by atoms with E-state index in [-0.39, 0.29) is 25.0 Å². The topological polar surface area (TPSA) is 104 Å². The van der Waals surface area contributed by atoms with Crippen LogP contribution in [0.5, 0.6) is 0 Å². The van der Waals surface area contributed by atoms with Crippen molar-refractivity contribution in [2.45, 2.75) is 25.3 Å². The first-order valence-electron chi connectivity index (χ1n) is 6.34. The number of carbonyl (C=O) groups excluding carboxylic acids is 1. The molecule has 0 aromatic carbocycles. The van der Waals surface area contributed by atoms with E-state index in [2.05, 4.69) is 0 Å². The molecule has 2 aliphatic rings. The fourth-order valence-corrected chi connectivity index (χ4v) is 2.74. The summed E-state index contributed by atoms with van der Waals surface area (Å²) >= 11 is 0. The first-order chi connectivity index (χ1) is 9.00. The van der Waals surface area contributed by atoms with E-state index < -0.39 is 23.9 Å². The lowest BCUT2D eigenvalue weighted by Gasteiger charge is -2.34. The van der Waals surface area contributed by atoms with Crippen molar-refractivity contribution in [2.24, 2.45) is 11.8 Å². The molecule has 7 heteroatoms. The zero-order chi connectivity index (χ0) is 14.0. The van der Waals surface area contributed by atoms with Crippen LogP contribution in [0.25, 0.3) is 0 Å². The van der Waals surface area contributed by atoms with Gasteiger partial charge in [-0.05, 0) is 19.3 Å². The number of carbonyl (C=O) groups is 3. The van der Waals surface area contributed by atoms with Gasteiger partial charge in [-0.2, -0.15) is 0 Å². The van der Waals surface area contributed by atoms with Crippen LogP contribution in [0, 0.1) is 11.8 Å². The summed E-state index contributed by atoms with van der Waals surface area (Å²) in [5, 5.41) is 18.0. The maximum Gasteiger partial charge on any atom is 0.328 e. The molecule has 3 atom stereocenters. The Morgan fingerprint density at radius 3 is 2.32 bits per heavy atom. The Morgan fingerprint density at radius 1 is 1.05 bits per heavy atom. The fraction of sp³-hybridized carbons (Fsp3) is 0.750. The maximum absolute atomic E-state index is 12.3. The third-order valence-electron chi connectivity index (χ3n) is 3.83. The number of hydrogen-bond donors (Lipinski definition) is 2. The Hall–Kier alpha value is -1.63. The van der Waals surface area contributed by atoms with Crippen LogP contribution in [0.15, 0.2) is 0 Å². The standard InChI is InChI=1S/C12H17NO6/c14-10(7-1-2-8(5-7)11(15)16)13-3-4-19-6-9(13)12(17)18/h7-9H,1-6H2,(H,15,16)(H,17,18)/t7-,8+,9?/m0/s1. The van der Waals surface area contributed by atoms with E-state index >= 15 is 0 Å². The normalized spacial score (nSPS) is 31.2. The minimum atomic E-state index is -1.08. The smallest absolute Gasteiger partial charge is 0.328 e. The summed E-state index contributed by atoms with van der Waals surface area (Å²) in [4.78, 5) is 35.6. The van der Waals surface area contributed by atoms with Crippen LogP contribution in [0.2, 0.25) is 0 Å². The summed E-state index contributed by atoms with van der Waals surface area (Å²) in [5.74, 6) is -3.08. The van der Waals surface area contributed by atoms with E-state index in [0.29, 0.717) is 25.9 Å². The Morgan fingerprint density at radius 2 is 1.74 bits per heavy atom. The largest absolute Gasteiger partial charge is 0.481 e. The quantitative estimate of drug-likeness (QED) is 0.736. The van der Waals surface area contributed by atoms with Crippen LogP contribution in [0.1, 0.15) is 19.3 Å². The Kier molecular flexibility index (Phi) is 4.04. The SMILES string of the molecule is O=C(O)C1COCCN1C(=O)[C@H]1CC[C@@H](C(=O)O)C1. The molecule has 1 unspecified atom stereocenters. The highest BCUT2D eigenvalue weighted by atomic mass is 16.5. The van der Waals surface area contributed by atoms with Crippen LogP contribution in [-0.4, -0.2) is 58.8 Å². The first kappa shape index (κ1) is 13.8. The van der Waals surface area contributed by atoms with Crippen molar-refractivity contribution < 1.29 is 29.3 Å². The second-order valence-electron chi connectivity index (χ2n) is 5.01. The number of amides is 1. The van der Waals surface area contributed by atoms with Crippen molar-refractivity contribution in [3.63, 3.8) is 0 Å². The number of hydrogen-bond acceptors (Lipinski definition) is 4. The number of morpholine rings is 1. The van der Waals surface area contributed by atoms with Crippen molar-refractivity contribution >= 4 is 17.8 Å². The van der Waals surface area contributed by atoms with Gasteiger partial charge in [0.1, 0.15) is 0 Å². The van der Waals surface area contributed by atoms with E-state index in [9.17, 15) is 14.4 Å². The summed E-state index contributed by atoms with van der Waals surface area (Å²) in [6.07, 6.45) is 1.30. The number of carboxylic acid groups (broad SMARTS) is 2. The van der Waals surface area contributed by atoms with E-state index in [1.165, 1.54) is 4.90 Å². The van der Waals surface area contributed by atoms with Gasteiger partial charge in [0.05, 0.1) is 19.1 Å². The van der Waals surface area contributed by atoms with E-state index in [0.717, 1.165) is 0 Å². The molecule has 2 N–H and O–H groups in total. The number of ether oxygens (including phenoxy) is 1. The van der Waals surface area contributed by atoms with Gasteiger partial charge >= 0.3 is 11.9 Å². The van der Waals surface area contributed by atoms with Crippen molar-refractivity contribution in [3.05, 3.63) is 0 Å². The van der Waals surface area contributed by atoms with E-state index in [4.69, 9.17) is 14.9 Å². The lowest BCUT2D eigenvalue weighted by molar-refractivity contribution is -0.160. The molecule has 0 aromatic rings. The highest BCUT2D eigenvalue weighted by molar-refractivity contribution is 5.86. The third-order valence-corrected chi connectivity index (χ3v) is 3.83. The average molecular weight is 271 g/mol. The van der Waals surface area contributed by atoms with Gasteiger partial charge in [0.25, 0.3) is 0 Å². The molecule has 1 saturated heterocycles. The van der Waals surface area contributed by atoms with Crippen molar-refractivity contribution in [3.8, 4) is 0 Å². The van der Waals surface area contributed by atoms with Gasteiger partial charge in [-0.3, -0.25) is 9.59 Å². The molecule has 0 bridgehead atoms. The van der Waals surface area contributed by atoms with E-state index in [1.54, 1.807) is 0 Å². The zero-order valence-corrected chi connectivity index (χ0v) is 10.4. The minimum Gasteiger partial charge on any atom is -0.481 e. The number of nitrogens with zero attached hydrogens (tertiary/aromatic N) is 1. The van der Waals surface area contributed by atoms with Gasteiger partial charge in [-0.15, -0.1) is 0 Å². The zero-order valence-electron chi connectivity index (χ0n) is 10.4. The van der Waals surface area contributed by atoms with Gasteiger partial charge in [0.2, 0.25) is 5.91 Å². The highest BCUT2D eigenvalue weighted by Gasteiger charge is 2.40. The van der Waals surface area contributed by atoms with Gasteiger partial charge in [0.15, 0.2) is 6.04 Å². The molecule has 0 aromatic heterocycles.